The molecule has 9 aromatic rings. The highest BCUT2D eigenvalue weighted by atomic mass is 16.3. The molecule has 0 atom stereocenters. The van der Waals surface area contributed by atoms with Gasteiger partial charge in [0.1, 0.15) is 5.58 Å². The van der Waals surface area contributed by atoms with Gasteiger partial charge in [-0.15, -0.1) is 0 Å². The Bertz CT molecular complexity index is 2980. The molecule has 0 radical (unpaired) electrons. The van der Waals surface area contributed by atoms with Crippen molar-refractivity contribution < 1.29 is 4.42 Å². The van der Waals surface area contributed by atoms with E-state index in [0.717, 1.165) is 50.1 Å². The number of para-hydroxylation sites is 3. The van der Waals surface area contributed by atoms with Crippen molar-refractivity contribution in [3.8, 4) is 33.4 Å². The Morgan fingerprint density at radius 3 is 1.76 bits per heavy atom. The van der Waals surface area contributed by atoms with Crippen molar-refractivity contribution in [3.63, 3.8) is 0 Å². The van der Waals surface area contributed by atoms with Crippen LogP contribution in [0.4, 0.5) is 17.1 Å². The van der Waals surface area contributed by atoms with Gasteiger partial charge in [-0.3, -0.25) is 0 Å². The molecule has 0 N–H and O–H groups in total. The van der Waals surface area contributed by atoms with Crippen LogP contribution in [0.2, 0.25) is 0 Å². The van der Waals surface area contributed by atoms with Gasteiger partial charge in [0.2, 0.25) is 0 Å². The van der Waals surface area contributed by atoms with Gasteiger partial charge in [-0.2, -0.15) is 0 Å². The second-order valence-electron chi connectivity index (χ2n) is 16.1. The first-order valence-electron chi connectivity index (χ1n) is 19.0. The molecule has 0 amide bonds. The van der Waals surface area contributed by atoms with Gasteiger partial charge in [-0.25, -0.2) is 0 Å². The second-order valence-corrected chi connectivity index (χ2v) is 16.1. The maximum absolute atomic E-state index is 6.96. The molecule has 8 aromatic carbocycles. The summed E-state index contributed by atoms with van der Waals surface area (Å²) in [6.07, 6.45) is 0. The summed E-state index contributed by atoms with van der Waals surface area (Å²) in [5, 5.41) is 4.94. The smallest absolute Gasteiger partial charge is 0.159 e. The minimum atomic E-state index is -0.205. The van der Waals surface area contributed by atoms with Crippen LogP contribution < -0.4 is 4.90 Å². The lowest BCUT2D eigenvalue weighted by Gasteiger charge is -2.36. The summed E-state index contributed by atoms with van der Waals surface area (Å²) in [5.74, 6) is 0. The van der Waals surface area contributed by atoms with E-state index >= 15 is 0 Å². The van der Waals surface area contributed by atoms with Crippen LogP contribution >= 0.6 is 0 Å². The maximum atomic E-state index is 6.96. The highest BCUT2D eigenvalue weighted by molar-refractivity contribution is 6.13. The molecule has 1 heterocycles. The van der Waals surface area contributed by atoms with Crippen LogP contribution in [0.5, 0.6) is 0 Å². The molecule has 0 spiro atoms. The number of anilines is 3. The SMILES string of the molecule is CC1(C)c2cc(N(c3ccccc3)c3cccc4c3oc3c(-c5ccccc5)cccc34)ccc2-c2cc3c(cc21)-c1cccc2cccc(c12)C3(C)C. The number of hydrogen-bond acceptors (Lipinski definition) is 2. The summed E-state index contributed by atoms with van der Waals surface area (Å²) in [7, 11) is 0. The molecule has 0 saturated heterocycles. The predicted octanol–water partition coefficient (Wildman–Crippen LogP) is 14.5. The summed E-state index contributed by atoms with van der Waals surface area (Å²) in [4.78, 5) is 2.37. The largest absolute Gasteiger partial charge is 0.453 e. The van der Waals surface area contributed by atoms with E-state index in [1.165, 1.54) is 55.3 Å². The Morgan fingerprint density at radius 1 is 0.407 bits per heavy atom. The molecule has 0 unspecified atom stereocenters. The molecule has 0 bridgehead atoms. The second kappa shape index (κ2) is 11.1. The van der Waals surface area contributed by atoms with Crippen LogP contribution in [-0.2, 0) is 10.8 Å². The van der Waals surface area contributed by atoms with Gasteiger partial charge in [0.05, 0.1) is 5.69 Å². The third-order valence-electron chi connectivity index (χ3n) is 12.4. The summed E-state index contributed by atoms with van der Waals surface area (Å²) < 4.78 is 6.96. The quantitative estimate of drug-likeness (QED) is 0.182. The van der Waals surface area contributed by atoms with Crippen LogP contribution in [0, 0.1) is 0 Å². The minimum absolute atomic E-state index is 0.124. The Kier molecular flexibility index (Phi) is 6.39. The molecular weight excluding hydrogens is 655 g/mol. The van der Waals surface area contributed by atoms with Gasteiger partial charge >= 0.3 is 0 Å². The van der Waals surface area contributed by atoms with Gasteiger partial charge in [0, 0.05) is 38.5 Å². The number of fused-ring (bicyclic) bond motifs is 8. The lowest BCUT2D eigenvalue weighted by atomic mass is 9.67. The van der Waals surface area contributed by atoms with Crippen LogP contribution in [0.15, 0.2) is 168 Å². The van der Waals surface area contributed by atoms with E-state index in [2.05, 4.69) is 196 Å². The molecule has 0 saturated carbocycles. The Balaban J connectivity index is 1.10. The number of nitrogens with zero attached hydrogens (tertiary/aromatic N) is 1. The zero-order valence-corrected chi connectivity index (χ0v) is 30.9. The van der Waals surface area contributed by atoms with E-state index in [0.29, 0.717) is 0 Å². The van der Waals surface area contributed by atoms with Crippen LogP contribution in [0.3, 0.4) is 0 Å². The van der Waals surface area contributed by atoms with Gasteiger partial charge in [-0.05, 0) is 103 Å². The summed E-state index contributed by atoms with van der Waals surface area (Å²) in [5.41, 5.74) is 17.8. The van der Waals surface area contributed by atoms with E-state index in [-0.39, 0.29) is 10.8 Å². The van der Waals surface area contributed by atoms with Crippen molar-refractivity contribution >= 4 is 49.8 Å². The van der Waals surface area contributed by atoms with Crippen LogP contribution in [0.1, 0.15) is 49.9 Å². The average molecular weight is 694 g/mol. The maximum Gasteiger partial charge on any atom is 0.159 e. The van der Waals surface area contributed by atoms with Gasteiger partial charge in [-0.1, -0.05) is 149 Å². The van der Waals surface area contributed by atoms with Crippen molar-refractivity contribution in [2.24, 2.45) is 0 Å². The fourth-order valence-corrected chi connectivity index (χ4v) is 9.71. The van der Waals surface area contributed by atoms with E-state index in [1.54, 1.807) is 0 Å². The lowest BCUT2D eigenvalue weighted by Crippen LogP contribution is -2.24. The fourth-order valence-electron chi connectivity index (χ4n) is 9.71. The molecule has 54 heavy (non-hydrogen) atoms. The van der Waals surface area contributed by atoms with Crippen LogP contribution in [-0.4, -0.2) is 0 Å². The molecule has 11 rings (SSSR count). The molecule has 0 aliphatic heterocycles. The third-order valence-corrected chi connectivity index (χ3v) is 12.4. The van der Waals surface area contributed by atoms with E-state index < -0.39 is 0 Å². The highest BCUT2D eigenvalue weighted by Gasteiger charge is 2.41. The summed E-state index contributed by atoms with van der Waals surface area (Å²) >= 11 is 0. The Morgan fingerprint density at radius 2 is 1.00 bits per heavy atom. The van der Waals surface area contributed by atoms with Crippen molar-refractivity contribution in [2.45, 2.75) is 38.5 Å². The first-order chi connectivity index (χ1) is 26.3. The topological polar surface area (TPSA) is 16.4 Å². The minimum Gasteiger partial charge on any atom is -0.453 e. The number of rotatable bonds is 4. The summed E-state index contributed by atoms with van der Waals surface area (Å²) in [6, 6.07) is 60.0. The average Bonchev–Trinajstić information content (AvgIpc) is 3.69. The number of benzene rings is 8. The van der Waals surface area contributed by atoms with E-state index in [4.69, 9.17) is 4.42 Å². The monoisotopic (exact) mass is 693 g/mol. The molecule has 2 aliphatic rings. The zero-order chi connectivity index (χ0) is 36.3. The Labute approximate surface area is 315 Å². The highest BCUT2D eigenvalue weighted by Crippen LogP contribution is 2.56. The standard InChI is InChI=1S/C52H39NO/c1-51(2)43-25-12-18-33-17-11-22-38(48(33)43)42-31-45-41(30-46(42)51)37-28-27-35(29-44(37)52(45,3)4)53(34-19-9-6-10-20-34)47-26-14-24-40-39-23-13-21-36(49(39)54-50(40)47)32-15-7-5-8-16-32/h5-31H,1-4H3. The molecule has 2 nitrogen and oxygen atoms in total. The summed E-state index contributed by atoms with van der Waals surface area (Å²) in [6.45, 7) is 9.58. The van der Waals surface area contributed by atoms with Crippen LogP contribution in [0.25, 0.3) is 66.1 Å². The number of furan rings is 1. The van der Waals surface area contributed by atoms with Crippen molar-refractivity contribution in [1.29, 1.82) is 0 Å². The van der Waals surface area contributed by atoms with E-state index in [9.17, 15) is 0 Å². The van der Waals surface area contributed by atoms with Gasteiger partial charge < -0.3 is 9.32 Å². The fraction of sp³-hybridized carbons (Fsp3) is 0.115. The van der Waals surface area contributed by atoms with Crippen molar-refractivity contribution in [3.05, 3.63) is 186 Å². The normalized spacial score (nSPS) is 14.6. The van der Waals surface area contributed by atoms with Crippen molar-refractivity contribution in [2.75, 3.05) is 4.90 Å². The predicted molar refractivity (Wildman–Crippen MR) is 226 cm³/mol. The van der Waals surface area contributed by atoms with E-state index in [1.807, 2.05) is 0 Å². The lowest BCUT2D eigenvalue weighted by molar-refractivity contribution is 0.639. The van der Waals surface area contributed by atoms with Crippen molar-refractivity contribution in [1.82, 2.24) is 0 Å². The first-order valence-corrected chi connectivity index (χ1v) is 19.0. The molecule has 2 aliphatic carbocycles. The number of hydrogen-bond donors (Lipinski definition) is 0. The molecule has 258 valence electrons. The first kappa shape index (κ1) is 31.2. The third kappa shape index (κ3) is 4.23. The van der Waals surface area contributed by atoms with Gasteiger partial charge in [0.25, 0.3) is 0 Å². The molecule has 0 fully saturated rings. The molecular formula is C52H39NO. The molecule has 1 aromatic heterocycles. The van der Waals surface area contributed by atoms with Gasteiger partial charge in [0.15, 0.2) is 5.58 Å². The molecule has 2 heteroatoms. The Hall–Kier alpha value is -6.38. The zero-order valence-electron chi connectivity index (χ0n) is 30.9.